The Kier molecular flexibility index (Phi) is 4.25. The summed E-state index contributed by atoms with van der Waals surface area (Å²) >= 11 is 0. The molecular formula is C16H21N3O. The molecule has 0 spiro atoms. The minimum atomic E-state index is -0.0672. The molecule has 3 N–H and O–H groups in total. The summed E-state index contributed by atoms with van der Waals surface area (Å²) in [5.41, 5.74) is 10.4. The van der Waals surface area contributed by atoms with E-state index in [2.05, 4.69) is 35.0 Å². The van der Waals surface area contributed by atoms with Crippen LogP contribution in [0.4, 0.5) is 0 Å². The van der Waals surface area contributed by atoms with Crippen molar-refractivity contribution in [2.24, 2.45) is 5.73 Å². The summed E-state index contributed by atoms with van der Waals surface area (Å²) in [5, 5.41) is 2.82. The minimum Gasteiger partial charge on any atom is -0.351 e. The van der Waals surface area contributed by atoms with Gasteiger partial charge in [-0.05, 0) is 44.5 Å². The molecule has 0 atom stereocenters. The van der Waals surface area contributed by atoms with E-state index in [-0.39, 0.29) is 5.91 Å². The highest BCUT2D eigenvalue weighted by atomic mass is 16.1. The largest absolute Gasteiger partial charge is 0.351 e. The molecule has 0 saturated carbocycles. The number of carbonyl (C=O) groups excluding carboxylic acids is 1. The van der Waals surface area contributed by atoms with Crippen molar-refractivity contribution >= 4 is 5.91 Å². The Bertz CT molecular complexity index is 629. The molecule has 4 heteroatoms. The number of hydrogen-bond acceptors (Lipinski definition) is 2. The SMILES string of the molecule is Cc1cccc(-n2c(C)cc(C(=O)NCCN)c2C)c1. The molecule has 106 valence electrons. The molecule has 2 rings (SSSR count). The predicted molar refractivity (Wildman–Crippen MR) is 81.4 cm³/mol. The second kappa shape index (κ2) is 5.92. The quantitative estimate of drug-likeness (QED) is 0.894. The molecule has 20 heavy (non-hydrogen) atoms. The zero-order chi connectivity index (χ0) is 14.7. The number of hydrogen-bond donors (Lipinski definition) is 2. The van der Waals surface area contributed by atoms with Crippen molar-refractivity contribution in [1.29, 1.82) is 0 Å². The number of rotatable bonds is 4. The average Bonchev–Trinajstić information content (AvgIpc) is 2.71. The normalized spacial score (nSPS) is 10.6. The average molecular weight is 271 g/mol. The smallest absolute Gasteiger partial charge is 0.253 e. The number of nitrogens with one attached hydrogen (secondary N) is 1. The van der Waals surface area contributed by atoms with Crippen LogP contribution in [0.25, 0.3) is 5.69 Å². The topological polar surface area (TPSA) is 60.0 Å². The summed E-state index contributed by atoms with van der Waals surface area (Å²) in [6.45, 7) is 6.98. The van der Waals surface area contributed by atoms with Crippen LogP contribution < -0.4 is 11.1 Å². The van der Waals surface area contributed by atoms with E-state index in [0.717, 1.165) is 17.1 Å². The highest BCUT2D eigenvalue weighted by Gasteiger charge is 2.16. The van der Waals surface area contributed by atoms with Crippen LogP contribution in [0.1, 0.15) is 27.3 Å². The van der Waals surface area contributed by atoms with Gasteiger partial charge in [-0.1, -0.05) is 12.1 Å². The van der Waals surface area contributed by atoms with E-state index >= 15 is 0 Å². The highest BCUT2D eigenvalue weighted by molar-refractivity contribution is 5.95. The van der Waals surface area contributed by atoms with Crippen LogP contribution in [0.15, 0.2) is 30.3 Å². The van der Waals surface area contributed by atoms with Gasteiger partial charge in [-0.15, -0.1) is 0 Å². The molecule has 0 aliphatic rings. The number of carbonyl (C=O) groups is 1. The van der Waals surface area contributed by atoms with E-state index in [1.54, 1.807) is 0 Å². The molecule has 1 heterocycles. The van der Waals surface area contributed by atoms with Gasteiger partial charge in [-0.3, -0.25) is 4.79 Å². The first-order valence-electron chi connectivity index (χ1n) is 6.79. The van der Waals surface area contributed by atoms with Gasteiger partial charge in [0.25, 0.3) is 5.91 Å². The van der Waals surface area contributed by atoms with Crippen LogP contribution in [-0.2, 0) is 0 Å². The van der Waals surface area contributed by atoms with E-state index in [4.69, 9.17) is 5.73 Å². The second-order valence-corrected chi connectivity index (χ2v) is 5.00. The fourth-order valence-corrected chi connectivity index (χ4v) is 2.44. The third kappa shape index (κ3) is 2.75. The maximum atomic E-state index is 12.1. The van der Waals surface area contributed by atoms with E-state index in [1.165, 1.54) is 5.56 Å². The van der Waals surface area contributed by atoms with Crippen molar-refractivity contribution in [3.63, 3.8) is 0 Å². The molecule has 0 saturated heterocycles. The summed E-state index contributed by atoms with van der Waals surface area (Å²) in [4.78, 5) is 12.1. The van der Waals surface area contributed by atoms with E-state index in [0.29, 0.717) is 18.7 Å². The van der Waals surface area contributed by atoms with Gasteiger partial charge in [-0.2, -0.15) is 0 Å². The lowest BCUT2D eigenvalue weighted by Gasteiger charge is -2.10. The van der Waals surface area contributed by atoms with Crippen LogP contribution in [0.5, 0.6) is 0 Å². The summed E-state index contributed by atoms with van der Waals surface area (Å²) in [5.74, 6) is -0.0672. The van der Waals surface area contributed by atoms with E-state index in [9.17, 15) is 4.79 Å². The van der Waals surface area contributed by atoms with Gasteiger partial charge >= 0.3 is 0 Å². The monoisotopic (exact) mass is 271 g/mol. The third-order valence-electron chi connectivity index (χ3n) is 3.37. The predicted octanol–water partition coefficient (Wildman–Crippen LogP) is 2.09. The molecule has 0 fully saturated rings. The number of aryl methyl sites for hydroxylation is 2. The number of benzene rings is 1. The van der Waals surface area contributed by atoms with Gasteiger partial charge in [0.2, 0.25) is 0 Å². The van der Waals surface area contributed by atoms with E-state index in [1.807, 2.05) is 26.0 Å². The molecule has 4 nitrogen and oxygen atoms in total. The number of nitrogens with zero attached hydrogens (tertiary/aromatic N) is 1. The minimum absolute atomic E-state index is 0.0672. The maximum absolute atomic E-state index is 12.1. The molecule has 1 amide bonds. The van der Waals surface area contributed by atoms with Crippen LogP contribution in [0.2, 0.25) is 0 Å². The maximum Gasteiger partial charge on any atom is 0.253 e. The van der Waals surface area contributed by atoms with Gasteiger partial charge in [0.15, 0.2) is 0 Å². The van der Waals surface area contributed by atoms with Gasteiger partial charge < -0.3 is 15.6 Å². The number of aromatic nitrogens is 1. The lowest BCUT2D eigenvalue weighted by atomic mass is 10.2. The first-order valence-corrected chi connectivity index (χ1v) is 6.79. The van der Waals surface area contributed by atoms with Gasteiger partial charge in [0, 0.05) is 30.2 Å². The lowest BCUT2D eigenvalue weighted by Crippen LogP contribution is -2.29. The highest BCUT2D eigenvalue weighted by Crippen LogP contribution is 2.21. The van der Waals surface area contributed by atoms with Crippen molar-refractivity contribution in [3.05, 3.63) is 52.8 Å². The number of amides is 1. The summed E-state index contributed by atoms with van der Waals surface area (Å²) < 4.78 is 2.10. The summed E-state index contributed by atoms with van der Waals surface area (Å²) in [7, 11) is 0. The first kappa shape index (κ1) is 14.3. The Morgan fingerprint density at radius 2 is 2.00 bits per heavy atom. The van der Waals surface area contributed by atoms with E-state index < -0.39 is 0 Å². The van der Waals surface area contributed by atoms with Crippen LogP contribution in [0.3, 0.4) is 0 Å². The zero-order valence-corrected chi connectivity index (χ0v) is 12.2. The molecule has 0 unspecified atom stereocenters. The molecule has 0 aliphatic heterocycles. The Morgan fingerprint density at radius 1 is 1.25 bits per heavy atom. The molecule has 2 aromatic rings. The molecule has 0 aliphatic carbocycles. The van der Waals surface area contributed by atoms with Gasteiger partial charge in [-0.25, -0.2) is 0 Å². The van der Waals surface area contributed by atoms with Crippen molar-refractivity contribution < 1.29 is 4.79 Å². The Hall–Kier alpha value is -2.07. The lowest BCUT2D eigenvalue weighted by molar-refractivity contribution is 0.0954. The summed E-state index contributed by atoms with van der Waals surface area (Å²) in [6, 6.07) is 10.2. The van der Waals surface area contributed by atoms with Crippen LogP contribution in [-0.4, -0.2) is 23.6 Å². The van der Waals surface area contributed by atoms with Crippen molar-refractivity contribution in [2.75, 3.05) is 13.1 Å². The molecule has 1 aromatic heterocycles. The van der Waals surface area contributed by atoms with Gasteiger partial charge in [0.05, 0.1) is 5.56 Å². The Morgan fingerprint density at radius 3 is 2.65 bits per heavy atom. The zero-order valence-electron chi connectivity index (χ0n) is 12.2. The number of nitrogens with two attached hydrogens (primary N) is 1. The van der Waals surface area contributed by atoms with Crippen molar-refractivity contribution in [1.82, 2.24) is 9.88 Å². The third-order valence-corrected chi connectivity index (χ3v) is 3.37. The van der Waals surface area contributed by atoms with Gasteiger partial charge in [0.1, 0.15) is 0 Å². The molecule has 0 bridgehead atoms. The first-order chi connectivity index (χ1) is 9.54. The second-order valence-electron chi connectivity index (χ2n) is 5.00. The Balaban J connectivity index is 2.41. The molecule has 0 radical (unpaired) electrons. The van der Waals surface area contributed by atoms with Crippen LogP contribution >= 0.6 is 0 Å². The standard InChI is InChI=1S/C16H21N3O/c1-11-5-4-6-14(9-11)19-12(2)10-15(13(19)3)16(20)18-8-7-17/h4-6,9-10H,7-8,17H2,1-3H3,(H,18,20). The van der Waals surface area contributed by atoms with Crippen molar-refractivity contribution in [2.45, 2.75) is 20.8 Å². The molecule has 1 aromatic carbocycles. The fraction of sp³-hybridized carbons (Fsp3) is 0.312. The molecular weight excluding hydrogens is 250 g/mol. The van der Waals surface area contributed by atoms with Crippen LogP contribution in [0, 0.1) is 20.8 Å². The summed E-state index contributed by atoms with van der Waals surface area (Å²) in [6.07, 6.45) is 0. The van der Waals surface area contributed by atoms with Crippen molar-refractivity contribution in [3.8, 4) is 5.69 Å². The fourth-order valence-electron chi connectivity index (χ4n) is 2.44. The Labute approximate surface area is 119 Å².